The summed E-state index contributed by atoms with van der Waals surface area (Å²) in [5.74, 6) is 0. The predicted molar refractivity (Wildman–Crippen MR) is 66.8 cm³/mol. The van der Waals surface area contributed by atoms with Gasteiger partial charge in [0, 0.05) is 37.1 Å². The molecule has 1 N–H and O–H groups in total. The smallest absolute Gasteiger partial charge is 0.0561 e. The number of hydrogen-bond acceptors (Lipinski definition) is 3. The predicted octanol–water partition coefficient (Wildman–Crippen LogP) is 2.76. The molecule has 0 aromatic carbocycles. The minimum Gasteiger partial charge on any atom is -0.314 e. The molecule has 1 aromatic rings. The van der Waals surface area contributed by atoms with Gasteiger partial charge in [0.05, 0.1) is 5.02 Å². The second kappa shape index (κ2) is 5.30. The Bertz CT molecular complexity index is 307. The fraction of sp³-hybridized carbons (Fsp3) is 0.636. The molecule has 1 saturated heterocycles. The summed E-state index contributed by atoms with van der Waals surface area (Å²) in [6.07, 6.45) is 1.14. The first-order chi connectivity index (χ1) is 7.33. The molecule has 0 radical (unpaired) electrons. The zero-order valence-corrected chi connectivity index (χ0v) is 10.6. The number of piperazine rings is 1. The van der Waals surface area contributed by atoms with Gasteiger partial charge in [-0.25, -0.2) is 0 Å². The zero-order valence-electron chi connectivity index (χ0n) is 9.00. The molecule has 0 amide bonds. The van der Waals surface area contributed by atoms with Gasteiger partial charge >= 0.3 is 0 Å². The molecule has 1 atom stereocenters. The van der Waals surface area contributed by atoms with E-state index in [1.807, 2.05) is 6.07 Å². The van der Waals surface area contributed by atoms with Gasteiger partial charge in [-0.1, -0.05) is 18.5 Å². The maximum atomic E-state index is 6.20. The molecule has 1 aliphatic rings. The van der Waals surface area contributed by atoms with E-state index in [1.165, 1.54) is 4.88 Å². The Balaban J connectivity index is 2.12. The van der Waals surface area contributed by atoms with E-state index in [9.17, 15) is 0 Å². The van der Waals surface area contributed by atoms with Crippen LogP contribution in [0.4, 0.5) is 0 Å². The molecule has 2 rings (SSSR count). The third-order valence-corrected chi connectivity index (χ3v) is 4.39. The van der Waals surface area contributed by atoms with Gasteiger partial charge in [-0.2, -0.15) is 0 Å². The topological polar surface area (TPSA) is 15.3 Å². The van der Waals surface area contributed by atoms with E-state index >= 15 is 0 Å². The highest BCUT2D eigenvalue weighted by Gasteiger charge is 2.23. The molecule has 2 heterocycles. The summed E-state index contributed by atoms with van der Waals surface area (Å²) < 4.78 is 0. The van der Waals surface area contributed by atoms with E-state index in [-0.39, 0.29) is 0 Å². The van der Waals surface area contributed by atoms with Crippen LogP contribution in [-0.4, -0.2) is 31.1 Å². The fourth-order valence-corrected chi connectivity index (χ4v) is 3.55. The van der Waals surface area contributed by atoms with Crippen LogP contribution in [0.3, 0.4) is 0 Å². The third kappa shape index (κ3) is 2.53. The Kier molecular flexibility index (Phi) is 4.03. The Morgan fingerprint density at radius 3 is 2.80 bits per heavy atom. The van der Waals surface area contributed by atoms with Crippen LogP contribution in [0.25, 0.3) is 0 Å². The van der Waals surface area contributed by atoms with Gasteiger partial charge in [0.2, 0.25) is 0 Å². The molecule has 0 spiro atoms. The van der Waals surface area contributed by atoms with Gasteiger partial charge in [0.1, 0.15) is 0 Å². The third-order valence-electron chi connectivity index (χ3n) is 2.93. The molecule has 0 unspecified atom stereocenters. The minimum atomic E-state index is 0.514. The summed E-state index contributed by atoms with van der Waals surface area (Å²) in [5.41, 5.74) is 0. The number of thiophene rings is 1. The molecule has 0 bridgehead atoms. The van der Waals surface area contributed by atoms with Crippen molar-refractivity contribution < 1.29 is 0 Å². The quantitative estimate of drug-likeness (QED) is 0.880. The van der Waals surface area contributed by atoms with Crippen molar-refractivity contribution in [2.45, 2.75) is 19.4 Å². The molecule has 1 fully saturated rings. The second-order valence-corrected chi connectivity index (χ2v) is 5.20. The summed E-state index contributed by atoms with van der Waals surface area (Å²) in [6, 6.07) is 2.52. The van der Waals surface area contributed by atoms with Crippen molar-refractivity contribution in [3.05, 3.63) is 21.3 Å². The van der Waals surface area contributed by atoms with Gasteiger partial charge in [-0.05, 0) is 17.9 Å². The van der Waals surface area contributed by atoms with Crippen LogP contribution in [0.15, 0.2) is 11.4 Å². The molecule has 2 nitrogen and oxygen atoms in total. The number of hydrogen-bond donors (Lipinski definition) is 1. The van der Waals surface area contributed by atoms with Gasteiger partial charge < -0.3 is 5.32 Å². The molecule has 1 aromatic heterocycles. The average molecular weight is 245 g/mol. The van der Waals surface area contributed by atoms with E-state index < -0.39 is 0 Å². The van der Waals surface area contributed by atoms with Crippen molar-refractivity contribution in [1.82, 2.24) is 10.2 Å². The van der Waals surface area contributed by atoms with Gasteiger partial charge in [0.15, 0.2) is 0 Å². The van der Waals surface area contributed by atoms with Crippen molar-refractivity contribution in [2.24, 2.45) is 0 Å². The molecular weight excluding hydrogens is 228 g/mol. The van der Waals surface area contributed by atoms with Gasteiger partial charge in [0.25, 0.3) is 0 Å². The number of nitrogens with zero attached hydrogens (tertiary/aromatic N) is 1. The van der Waals surface area contributed by atoms with E-state index in [1.54, 1.807) is 11.3 Å². The van der Waals surface area contributed by atoms with Crippen LogP contribution in [0.5, 0.6) is 0 Å². The lowest BCUT2D eigenvalue weighted by molar-refractivity contribution is 0.172. The Labute approximate surface area is 100 Å². The summed E-state index contributed by atoms with van der Waals surface area (Å²) in [6.45, 7) is 6.70. The van der Waals surface area contributed by atoms with Crippen molar-refractivity contribution in [3.63, 3.8) is 0 Å². The summed E-state index contributed by atoms with van der Waals surface area (Å²) in [4.78, 5) is 3.87. The Hall–Kier alpha value is -0.0900. The van der Waals surface area contributed by atoms with Crippen LogP contribution in [-0.2, 0) is 0 Å². The summed E-state index contributed by atoms with van der Waals surface area (Å²) in [7, 11) is 0. The first kappa shape index (κ1) is 11.4. The maximum absolute atomic E-state index is 6.20. The van der Waals surface area contributed by atoms with Gasteiger partial charge in [-0.15, -0.1) is 11.3 Å². The van der Waals surface area contributed by atoms with E-state index in [0.717, 1.165) is 37.6 Å². The normalized spacial score (nSPS) is 20.4. The zero-order chi connectivity index (χ0) is 10.7. The standard InChI is InChI=1S/C11H17ClN2S/c1-2-10(11-9(12)3-8-15-11)14-6-4-13-5-7-14/h3,8,10,13H,2,4-7H2,1H3/t10-/m0/s1. The van der Waals surface area contributed by atoms with Crippen LogP contribution >= 0.6 is 22.9 Å². The molecule has 4 heteroatoms. The molecule has 84 valence electrons. The van der Waals surface area contributed by atoms with Crippen molar-refractivity contribution in [3.8, 4) is 0 Å². The van der Waals surface area contributed by atoms with Crippen LogP contribution < -0.4 is 5.32 Å². The maximum Gasteiger partial charge on any atom is 0.0561 e. The fourth-order valence-electron chi connectivity index (χ4n) is 2.15. The van der Waals surface area contributed by atoms with Crippen LogP contribution in [0.1, 0.15) is 24.3 Å². The highest BCUT2D eigenvalue weighted by atomic mass is 35.5. The van der Waals surface area contributed by atoms with E-state index in [2.05, 4.69) is 22.5 Å². The van der Waals surface area contributed by atoms with Crippen LogP contribution in [0.2, 0.25) is 5.02 Å². The van der Waals surface area contributed by atoms with Crippen LogP contribution in [0, 0.1) is 0 Å². The lowest BCUT2D eigenvalue weighted by Gasteiger charge is -2.34. The van der Waals surface area contributed by atoms with Crippen molar-refractivity contribution >= 4 is 22.9 Å². The summed E-state index contributed by atoms with van der Waals surface area (Å²) in [5, 5.41) is 6.40. The first-order valence-electron chi connectivity index (χ1n) is 5.50. The number of halogens is 1. The Morgan fingerprint density at radius 1 is 1.53 bits per heavy atom. The van der Waals surface area contributed by atoms with E-state index in [0.29, 0.717) is 6.04 Å². The highest BCUT2D eigenvalue weighted by molar-refractivity contribution is 7.10. The lowest BCUT2D eigenvalue weighted by atomic mass is 10.1. The minimum absolute atomic E-state index is 0.514. The van der Waals surface area contributed by atoms with Crippen molar-refractivity contribution in [2.75, 3.05) is 26.2 Å². The highest BCUT2D eigenvalue weighted by Crippen LogP contribution is 2.34. The molecule has 0 saturated carbocycles. The molecule has 15 heavy (non-hydrogen) atoms. The molecule has 0 aliphatic carbocycles. The Morgan fingerprint density at radius 2 is 2.27 bits per heavy atom. The largest absolute Gasteiger partial charge is 0.314 e. The average Bonchev–Trinajstić information content (AvgIpc) is 2.68. The van der Waals surface area contributed by atoms with E-state index in [4.69, 9.17) is 11.6 Å². The SMILES string of the molecule is CC[C@@H](c1sccc1Cl)N1CCNCC1. The first-order valence-corrected chi connectivity index (χ1v) is 6.76. The molecule has 1 aliphatic heterocycles. The van der Waals surface area contributed by atoms with Crippen molar-refractivity contribution in [1.29, 1.82) is 0 Å². The number of rotatable bonds is 3. The number of nitrogens with one attached hydrogen (secondary N) is 1. The monoisotopic (exact) mass is 244 g/mol. The molecular formula is C11H17ClN2S. The second-order valence-electron chi connectivity index (χ2n) is 3.84. The summed E-state index contributed by atoms with van der Waals surface area (Å²) >= 11 is 7.98. The lowest BCUT2D eigenvalue weighted by Crippen LogP contribution is -2.44. The van der Waals surface area contributed by atoms with Gasteiger partial charge in [-0.3, -0.25) is 4.90 Å².